The third kappa shape index (κ3) is 4.14. The minimum Gasteiger partial charge on any atom is -0.350 e. The van der Waals surface area contributed by atoms with Crippen molar-refractivity contribution in [1.82, 2.24) is 15.1 Å². The summed E-state index contributed by atoms with van der Waals surface area (Å²) in [5, 5.41) is 13.6. The molecular weight excluding hydrogens is 345 g/mol. The van der Waals surface area contributed by atoms with Gasteiger partial charge in [0.05, 0.1) is 12.1 Å². The summed E-state index contributed by atoms with van der Waals surface area (Å²) in [5.74, 6) is -1.17. The van der Waals surface area contributed by atoms with Gasteiger partial charge in [-0.15, -0.1) is 0 Å². The molecule has 0 saturated heterocycles. The van der Waals surface area contributed by atoms with Crippen LogP contribution in [0, 0.1) is 11.2 Å². The van der Waals surface area contributed by atoms with Crippen LogP contribution in [-0.4, -0.2) is 34.9 Å². The Kier molecular flexibility index (Phi) is 5.97. The van der Waals surface area contributed by atoms with Gasteiger partial charge in [-0.1, -0.05) is 29.8 Å². The van der Waals surface area contributed by atoms with Gasteiger partial charge in [0.1, 0.15) is 11.0 Å². The summed E-state index contributed by atoms with van der Waals surface area (Å²) in [5.41, 5.74) is 0.186. The van der Waals surface area contributed by atoms with Gasteiger partial charge in [0.2, 0.25) is 6.43 Å². The molecule has 0 fully saturated rings. The first kappa shape index (κ1) is 18.0. The maximum absolute atomic E-state index is 13.7. The van der Waals surface area contributed by atoms with Gasteiger partial charge in [-0.05, 0) is 6.07 Å². The lowest BCUT2D eigenvalue weighted by Crippen LogP contribution is -2.27. The average Bonchev–Trinajstić information content (AvgIpc) is 2.85. The van der Waals surface area contributed by atoms with E-state index in [9.17, 15) is 18.0 Å². The highest BCUT2D eigenvalue weighted by molar-refractivity contribution is 6.32. The zero-order valence-electron chi connectivity index (χ0n) is 12.4. The van der Waals surface area contributed by atoms with Gasteiger partial charge < -0.3 is 10.7 Å². The van der Waals surface area contributed by atoms with E-state index in [4.69, 9.17) is 17.0 Å². The summed E-state index contributed by atoms with van der Waals surface area (Å²) < 4.78 is 39.1. The van der Waals surface area contributed by atoms with E-state index in [1.165, 1.54) is 16.8 Å². The van der Waals surface area contributed by atoms with Crippen LogP contribution in [0.5, 0.6) is 0 Å². The highest BCUT2D eigenvalue weighted by atomic mass is 35.5. The summed E-state index contributed by atoms with van der Waals surface area (Å²) in [7, 11) is 0. The van der Waals surface area contributed by atoms with Gasteiger partial charge in [0.25, 0.3) is 5.91 Å². The smallest absolute Gasteiger partial charge is 0.272 e. The minimum absolute atomic E-state index is 0.00716. The van der Waals surface area contributed by atoms with Gasteiger partial charge in [-0.2, -0.15) is 5.10 Å². The second-order valence-corrected chi connectivity index (χ2v) is 5.24. The largest absolute Gasteiger partial charge is 0.350 e. The number of halogens is 4. The number of alkyl halides is 2. The molecule has 1 aromatic carbocycles. The summed E-state index contributed by atoms with van der Waals surface area (Å²) in [6, 6.07) is 6.00. The zero-order valence-corrected chi connectivity index (χ0v) is 13.2. The van der Waals surface area contributed by atoms with Crippen LogP contribution >= 0.6 is 11.6 Å². The standard InChI is InChI=1S/C15H14ClF3N4O/c16-14-10(7-20)13(15(24)21-6-5-12(18)19)22-23(14)8-9-3-1-2-4-11(9)17/h1-4,7,12,20H,5-6,8H2,(H,21,24). The molecule has 0 spiro atoms. The van der Waals surface area contributed by atoms with Crippen LogP contribution in [0.2, 0.25) is 5.15 Å². The molecule has 128 valence electrons. The van der Waals surface area contributed by atoms with Crippen LogP contribution in [-0.2, 0) is 6.54 Å². The molecule has 0 atom stereocenters. The van der Waals surface area contributed by atoms with E-state index in [0.717, 1.165) is 6.21 Å². The van der Waals surface area contributed by atoms with Crippen LogP contribution < -0.4 is 5.32 Å². The van der Waals surface area contributed by atoms with Crippen molar-refractivity contribution in [2.45, 2.75) is 19.4 Å². The molecule has 1 heterocycles. The Morgan fingerprint density at radius 3 is 2.75 bits per heavy atom. The van der Waals surface area contributed by atoms with Crippen molar-refractivity contribution in [3.63, 3.8) is 0 Å². The topological polar surface area (TPSA) is 70.8 Å². The summed E-state index contributed by atoms with van der Waals surface area (Å²) in [6.45, 7) is -0.262. The number of rotatable bonds is 7. The highest BCUT2D eigenvalue weighted by Crippen LogP contribution is 2.20. The lowest BCUT2D eigenvalue weighted by Gasteiger charge is -2.04. The Bertz CT molecular complexity index is 748. The van der Waals surface area contributed by atoms with Crippen LogP contribution in [0.4, 0.5) is 13.2 Å². The van der Waals surface area contributed by atoms with Crippen molar-refractivity contribution < 1.29 is 18.0 Å². The summed E-state index contributed by atoms with van der Waals surface area (Å²) in [6.07, 6.45) is -2.18. The Labute approximate surface area is 140 Å². The number of carbonyl (C=O) groups excluding carboxylic acids is 1. The van der Waals surface area contributed by atoms with E-state index in [-0.39, 0.29) is 29.5 Å². The van der Waals surface area contributed by atoms with Crippen LogP contribution in [0.15, 0.2) is 24.3 Å². The van der Waals surface area contributed by atoms with E-state index in [0.29, 0.717) is 5.56 Å². The maximum atomic E-state index is 13.7. The molecule has 0 aliphatic carbocycles. The van der Waals surface area contributed by atoms with Crippen molar-refractivity contribution in [3.05, 3.63) is 52.1 Å². The molecule has 1 aromatic heterocycles. The molecule has 2 rings (SSSR count). The molecule has 0 aliphatic rings. The molecular formula is C15H14ClF3N4O. The average molecular weight is 359 g/mol. The van der Waals surface area contributed by atoms with Gasteiger partial charge >= 0.3 is 0 Å². The maximum Gasteiger partial charge on any atom is 0.272 e. The zero-order chi connectivity index (χ0) is 17.7. The molecule has 2 aromatic rings. The Morgan fingerprint density at radius 1 is 1.42 bits per heavy atom. The number of benzene rings is 1. The Balaban J connectivity index is 2.23. The van der Waals surface area contributed by atoms with Crippen LogP contribution in [0.25, 0.3) is 0 Å². The third-order valence-electron chi connectivity index (χ3n) is 3.21. The third-order valence-corrected chi connectivity index (χ3v) is 3.61. The van der Waals surface area contributed by atoms with Crippen molar-refractivity contribution in [1.29, 1.82) is 5.41 Å². The number of hydrogen-bond acceptors (Lipinski definition) is 3. The quantitative estimate of drug-likeness (QED) is 0.747. The number of nitrogens with one attached hydrogen (secondary N) is 2. The van der Waals surface area contributed by atoms with Crippen molar-refractivity contribution in [2.24, 2.45) is 0 Å². The first-order valence-corrected chi connectivity index (χ1v) is 7.38. The van der Waals surface area contributed by atoms with E-state index >= 15 is 0 Å². The van der Waals surface area contributed by atoms with Crippen LogP contribution in [0.1, 0.15) is 28.0 Å². The van der Waals surface area contributed by atoms with Crippen molar-refractivity contribution in [2.75, 3.05) is 6.54 Å². The summed E-state index contributed by atoms with van der Waals surface area (Å²) in [4.78, 5) is 12.0. The lowest BCUT2D eigenvalue weighted by molar-refractivity contribution is 0.0928. The molecule has 0 radical (unpaired) electrons. The normalized spacial score (nSPS) is 10.9. The Morgan fingerprint density at radius 2 is 2.12 bits per heavy atom. The van der Waals surface area contributed by atoms with E-state index in [1.807, 2.05) is 0 Å². The predicted octanol–water partition coefficient (Wildman–Crippen LogP) is 3.11. The Hall–Kier alpha value is -2.35. The lowest BCUT2D eigenvalue weighted by atomic mass is 10.2. The SMILES string of the molecule is N=Cc1c(C(=O)NCCC(F)F)nn(Cc2ccccc2F)c1Cl. The number of amides is 1. The fourth-order valence-corrected chi connectivity index (χ4v) is 2.26. The van der Waals surface area contributed by atoms with E-state index in [2.05, 4.69) is 10.4 Å². The van der Waals surface area contributed by atoms with Crippen LogP contribution in [0.3, 0.4) is 0 Å². The van der Waals surface area contributed by atoms with Crippen molar-refractivity contribution >= 4 is 23.7 Å². The summed E-state index contributed by atoms with van der Waals surface area (Å²) >= 11 is 6.09. The molecule has 0 saturated carbocycles. The molecule has 5 nitrogen and oxygen atoms in total. The van der Waals surface area contributed by atoms with Gasteiger partial charge in [0, 0.05) is 24.7 Å². The van der Waals surface area contributed by atoms with E-state index < -0.39 is 24.6 Å². The monoisotopic (exact) mass is 358 g/mol. The second-order valence-electron chi connectivity index (χ2n) is 4.88. The predicted molar refractivity (Wildman–Crippen MR) is 83.6 cm³/mol. The van der Waals surface area contributed by atoms with E-state index in [1.54, 1.807) is 12.1 Å². The molecule has 0 aliphatic heterocycles. The first-order chi connectivity index (χ1) is 11.4. The fraction of sp³-hybridized carbons (Fsp3) is 0.267. The minimum atomic E-state index is -2.53. The molecule has 0 unspecified atom stereocenters. The van der Waals surface area contributed by atoms with Gasteiger partial charge in [-0.3, -0.25) is 4.79 Å². The first-order valence-electron chi connectivity index (χ1n) is 7.00. The number of hydrogen-bond donors (Lipinski definition) is 2. The molecule has 2 N–H and O–H groups in total. The molecule has 24 heavy (non-hydrogen) atoms. The number of carbonyl (C=O) groups is 1. The number of nitrogens with zero attached hydrogens (tertiary/aromatic N) is 2. The fourth-order valence-electron chi connectivity index (χ4n) is 2.02. The molecule has 1 amide bonds. The molecule has 9 heteroatoms. The molecule has 0 bridgehead atoms. The highest BCUT2D eigenvalue weighted by Gasteiger charge is 2.21. The van der Waals surface area contributed by atoms with Gasteiger partial charge in [-0.25, -0.2) is 17.9 Å². The van der Waals surface area contributed by atoms with Crippen molar-refractivity contribution in [3.8, 4) is 0 Å². The second kappa shape index (κ2) is 7.96. The number of aromatic nitrogens is 2. The van der Waals surface area contributed by atoms with Gasteiger partial charge in [0.15, 0.2) is 5.69 Å².